The van der Waals surface area contributed by atoms with Crippen molar-refractivity contribution in [3.8, 4) is 0 Å². The summed E-state index contributed by atoms with van der Waals surface area (Å²) in [5.74, 6) is 1.17. The van der Waals surface area contributed by atoms with Gasteiger partial charge in [0.2, 0.25) is 0 Å². The van der Waals surface area contributed by atoms with Crippen LogP contribution in [0.5, 0.6) is 0 Å². The number of thioether (sulfide) groups is 1. The Balaban J connectivity index is 0.000000365. The summed E-state index contributed by atoms with van der Waals surface area (Å²) >= 11 is 2.10. The van der Waals surface area contributed by atoms with Gasteiger partial charge in [-0.15, -0.1) is 11.8 Å². The number of aliphatic hydroxyl groups is 1. The van der Waals surface area contributed by atoms with Gasteiger partial charge in [0.25, 0.3) is 0 Å². The van der Waals surface area contributed by atoms with Gasteiger partial charge in [-0.3, -0.25) is 29.4 Å². The summed E-state index contributed by atoms with van der Waals surface area (Å²) in [6.45, 7) is 94.6. The zero-order valence-electron chi connectivity index (χ0n) is 67.4. The Kier molecular flexibility index (Phi) is 29.6. The molecule has 0 spiro atoms. The lowest BCUT2D eigenvalue weighted by molar-refractivity contribution is -0.00416. The van der Waals surface area contributed by atoms with Crippen LogP contribution in [0.25, 0.3) is 0 Å². The second-order valence-corrected chi connectivity index (χ2v) is 43.4. The molecule has 0 amide bonds. The fourth-order valence-electron chi connectivity index (χ4n) is 16.1. The maximum absolute atomic E-state index is 9.75. The van der Waals surface area contributed by atoms with Crippen molar-refractivity contribution in [2.75, 3.05) is 32.1 Å². The molecule has 6 aliphatic rings. The van der Waals surface area contributed by atoms with Gasteiger partial charge in [0.15, 0.2) is 0 Å². The number of piperidine rings is 3. The number of rotatable bonds is 0. The predicted molar refractivity (Wildman–Crippen MR) is 401 cm³/mol. The molecule has 89 heavy (non-hydrogen) atoms. The molecule has 0 bridgehead atoms. The minimum absolute atomic E-state index is 0.140. The topological polar surface area (TPSA) is 39.7 Å². The molecule has 0 radical (unpaired) electrons. The van der Waals surface area contributed by atoms with E-state index in [4.69, 9.17) is 0 Å². The van der Waals surface area contributed by atoms with Crippen LogP contribution in [0.3, 0.4) is 0 Å². The van der Waals surface area contributed by atoms with Gasteiger partial charge in [0.05, 0.1) is 6.10 Å². The Labute approximate surface area is 563 Å². The average molecular weight is 1270 g/mol. The van der Waals surface area contributed by atoms with Crippen LogP contribution in [-0.4, -0.2) is 147 Å². The highest BCUT2D eigenvalue weighted by atomic mass is 32.2. The van der Waals surface area contributed by atoms with Crippen molar-refractivity contribution in [1.82, 2.24) is 29.4 Å². The molecule has 7 nitrogen and oxygen atoms in total. The molecule has 526 valence electrons. The maximum atomic E-state index is 9.75. The Morgan fingerprint density at radius 1 is 0.360 bits per heavy atom. The quantitative estimate of drug-likeness (QED) is 0.276. The molecule has 7 rings (SSSR count). The Bertz CT molecular complexity index is 1920. The first-order valence-corrected chi connectivity index (χ1v) is 37.4. The summed E-state index contributed by atoms with van der Waals surface area (Å²) in [4.78, 5) is 15.9. The van der Waals surface area contributed by atoms with Crippen LogP contribution in [0, 0.1) is 32.5 Å². The zero-order valence-corrected chi connectivity index (χ0v) is 68.2. The third kappa shape index (κ3) is 26.3. The second-order valence-electron chi connectivity index (χ2n) is 41.8. The van der Waals surface area contributed by atoms with Crippen molar-refractivity contribution >= 4 is 11.8 Å². The van der Waals surface area contributed by atoms with E-state index in [1.165, 1.54) is 101 Å². The minimum atomic E-state index is -0.140. The van der Waals surface area contributed by atoms with Crippen LogP contribution in [-0.2, 0) is 13.0 Å². The molecule has 5 saturated heterocycles. The number of aliphatic hydroxyl groups excluding tert-OH is 1. The lowest BCUT2D eigenvalue weighted by atomic mass is 9.77. The van der Waals surface area contributed by atoms with Crippen molar-refractivity contribution in [2.45, 2.75) is 421 Å². The van der Waals surface area contributed by atoms with Crippen molar-refractivity contribution < 1.29 is 5.11 Å². The highest BCUT2D eigenvalue weighted by molar-refractivity contribution is 8.00. The van der Waals surface area contributed by atoms with Gasteiger partial charge < -0.3 is 5.11 Å². The normalized spacial score (nSPS) is 26.6. The molecule has 1 N–H and O–H groups in total. The highest BCUT2D eigenvalue weighted by Gasteiger charge is 2.51. The molecule has 7 atom stereocenters. The van der Waals surface area contributed by atoms with E-state index in [1.807, 2.05) is 0 Å². The average Bonchev–Trinajstić information content (AvgIpc) is 1.87. The Morgan fingerprint density at radius 2 is 0.663 bits per heavy atom. The number of hydrogen-bond acceptors (Lipinski definition) is 8. The van der Waals surface area contributed by atoms with Crippen LogP contribution >= 0.6 is 11.8 Å². The summed E-state index contributed by atoms with van der Waals surface area (Å²) in [6, 6.07) is 13.0. The largest absolute Gasteiger partial charge is 0.392 e. The summed E-state index contributed by atoms with van der Waals surface area (Å²) in [5.41, 5.74) is 6.90. The summed E-state index contributed by atoms with van der Waals surface area (Å²) in [7, 11) is 0. The predicted octanol–water partition coefficient (Wildman–Crippen LogP) is 21.6. The summed E-state index contributed by atoms with van der Waals surface area (Å²) in [5, 5.41) is 9.75. The molecule has 5 fully saturated rings. The SMILES string of the molecule is CC(C)(C)C1CC(O)CN1C(C)(C)C.CC(C)(C)C1CCCCN1C(C)(C)C.CC(C)(C)C1CCCCN1C(C)(C)C.CC(C)(C)C1CCCCN1C(C)(C)C.CC(C)(C)C1Cc2ccccc2CN1C(C)(C)C.CC(C)(C)C1N(C(C)(C)C)CSC1(C)C. The summed E-state index contributed by atoms with van der Waals surface area (Å²) < 4.78 is 0.367. The highest BCUT2D eigenvalue weighted by Crippen LogP contribution is 2.50. The Morgan fingerprint density at radius 3 is 0.910 bits per heavy atom. The molecule has 7 unspecified atom stereocenters. The molecule has 0 saturated carbocycles. The molecular weight excluding hydrogens is 1100 g/mol. The van der Waals surface area contributed by atoms with Crippen molar-refractivity contribution in [3.05, 3.63) is 35.4 Å². The van der Waals surface area contributed by atoms with Crippen LogP contribution in [0.4, 0.5) is 0 Å². The van der Waals surface area contributed by atoms with Crippen LogP contribution in [0.2, 0.25) is 0 Å². The van der Waals surface area contributed by atoms with Crippen molar-refractivity contribution in [2.24, 2.45) is 32.5 Å². The van der Waals surface area contributed by atoms with Crippen molar-refractivity contribution in [1.29, 1.82) is 0 Å². The van der Waals surface area contributed by atoms with Gasteiger partial charge in [-0.1, -0.05) is 168 Å². The maximum Gasteiger partial charge on any atom is 0.0682 e. The van der Waals surface area contributed by atoms with Gasteiger partial charge in [0.1, 0.15) is 0 Å². The van der Waals surface area contributed by atoms with Crippen molar-refractivity contribution in [3.63, 3.8) is 0 Å². The third-order valence-electron chi connectivity index (χ3n) is 20.6. The van der Waals surface area contributed by atoms with E-state index in [-0.39, 0.29) is 28.1 Å². The van der Waals surface area contributed by atoms with Gasteiger partial charge >= 0.3 is 0 Å². The van der Waals surface area contributed by atoms with E-state index >= 15 is 0 Å². The number of nitrogens with zero attached hydrogens (tertiary/aromatic N) is 6. The van der Waals surface area contributed by atoms with Crippen LogP contribution in [0.1, 0.15) is 338 Å². The molecular formula is C81H160N6OS. The lowest BCUT2D eigenvalue weighted by Gasteiger charge is -2.50. The van der Waals surface area contributed by atoms with Crippen LogP contribution in [0.15, 0.2) is 24.3 Å². The fraction of sp³-hybridized carbons (Fsp3) is 0.926. The number of hydrogen-bond donors (Lipinski definition) is 1. The molecule has 0 aliphatic carbocycles. The van der Waals surface area contributed by atoms with Gasteiger partial charge in [-0.05, 0) is 253 Å². The standard InChI is InChI=1S/C17H27N.C13H27NS.3C13H27N.C12H25NO/c1-16(2,3)15-11-13-9-7-8-10-14(13)12-18(15)17(4,5)6;1-11(2,3)10-13(7,8)15-9-14(10)12(4,5)6;3*1-12(2,3)11-9-7-8-10-14(11)13(4,5)6;1-11(2,3)10-7-9(14)8-13(10)12(4,5)6/h7-10,15H,11-12H2,1-6H3;10H,9H2,1-8H3;3*11H,7-10H2,1-6H3;9-10,14H,7-8H2,1-6H3. The second kappa shape index (κ2) is 31.2. The number of likely N-dealkylation sites (tertiary alicyclic amines) is 4. The van der Waals surface area contributed by atoms with Gasteiger partial charge in [0, 0.05) is 93.2 Å². The molecule has 6 aliphatic heterocycles. The Hall–Kier alpha value is -0.710. The molecule has 1 aromatic rings. The van der Waals surface area contributed by atoms with Crippen LogP contribution < -0.4 is 0 Å². The smallest absolute Gasteiger partial charge is 0.0682 e. The first-order chi connectivity index (χ1) is 39.5. The van der Waals surface area contributed by atoms with E-state index in [0.717, 1.165) is 37.6 Å². The van der Waals surface area contributed by atoms with Gasteiger partial charge in [-0.2, -0.15) is 0 Å². The lowest BCUT2D eigenvalue weighted by Crippen LogP contribution is -2.55. The van der Waals surface area contributed by atoms with E-state index in [1.54, 1.807) is 0 Å². The van der Waals surface area contributed by atoms with Gasteiger partial charge in [-0.25, -0.2) is 0 Å². The first kappa shape index (κ1) is 84.4. The zero-order chi connectivity index (χ0) is 69.7. The number of benzene rings is 1. The third-order valence-corrected chi connectivity index (χ3v) is 21.9. The molecule has 6 heterocycles. The first-order valence-electron chi connectivity index (χ1n) is 36.5. The fourth-order valence-corrected chi connectivity index (χ4v) is 17.8. The van der Waals surface area contributed by atoms with E-state index in [0.29, 0.717) is 66.6 Å². The number of β-amino-alcohol motifs (C(OH)–C–C–N with tert-alkyl or cyclic N) is 1. The number of fused-ring (bicyclic) bond motifs is 1. The monoisotopic (exact) mass is 1270 g/mol. The van der Waals surface area contributed by atoms with E-state index < -0.39 is 0 Å². The minimum Gasteiger partial charge on any atom is -0.392 e. The summed E-state index contributed by atoms with van der Waals surface area (Å²) in [6.07, 6.45) is 14.5. The van der Waals surface area contributed by atoms with E-state index in [9.17, 15) is 5.11 Å². The van der Waals surface area contributed by atoms with E-state index in [2.05, 4.69) is 329 Å². The molecule has 0 aromatic heterocycles. The molecule has 1 aromatic carbocycles. The molecule has 8 heteroatoms.